The average Bonchev–Trinajstić information content (AvgIpc) is 2.36. The van der Waals surface area contributed by atoms with E-state index in [1.54, 1.807) is 0 Å². The Morgan fingerprint density at radius 3 is 2.29 bits per heavy atom. The van der Waals surface area contributed by atoms with Crippen LogP contribution < -0.4 is 4.74 Å². The van der Waals surface area contributed by atoms with Gasteiger partial charge in [0, 0.05) is 6.42 Å². The van der Waals surface area contributed by atoms with Gasteiger partial charge in [-0.25, -0.2) is 0 Å². The molecule has 0 N–H and O–H groups in total. The standard InChI is InChI=1S/C18H28O3/c1-14(2)15(13-17(19)21-18(3,4)5)11-12-20-16-9-7-6-8-10-16/h6-10,14-15H,11-13H2,1-5H3. The maximum Gasteiger partial charge on any atom is 0.306 e. The second-order valence-corrected chi connectivity index (χ2v) is 6.74. The predicted octanol–water partition coefficient (Wildman–Crippen LogP) is 4.46. The molecule has 0 saturated heterocycles. The molecular formula is C18H28O3. The van der Waals surface area contributed by atoms with Crippen LogP contribution in [0.4, 0.5) is 0 Å². The molecule has 0 aliphatic carbocycles. The van der Waals surface area contributed by atoms with Crippen molar-refractivity contribution in [2.24, 2.45) is 11.8 Å². The van der Waals surface area contributed by atoms with E-state index >= 15 is 0 Å². The summed E-state index contributed by atoms with van der Waals surface area (Å²) in [5.74, 6) is 1.46. The molecule has 3 nitrogen and oxygen atoms in total. The van der Waals surface area contributed by atoms with E-state index < -0.39 is 5.60 Å². The highest BCUT2D eigenvalue weighted by atomic mass is 16.6. The number of carbonyl (C=O) groups excluding carboxylic acids is 1. The van der Waals surface area contributed by atoms with Gasteiger partial charge in [-0.15, -0.1) is 0 Å². The molecule has 0 bridgehead atoms. The summed E-state index contributed by atoms with van der Waals surface area (Å²) in [6, 6.07) is 9.76. The monoisotopic (exact) mass is 292 g/mol. The molecule has 1 unspecified atom stereocenters. The molecule has 0 radical (unpaired) electrons. The summed E-state index contributed by atoms with van der Waals surface area (Å²) in [6.45, 7) is 10.6. The van der Waals surface area contributed by atoms with Crippen molar-refractivity contribution in [3.8, 4) is 5.75 Å². The molecule has 0 aliphatic rings. The number of carbonyl (C=O) groups is 1. The largest absolute Gasteiger partial charge is 0.494 e. The van der Waals surface area contributed by atoms with Gasteiger partial charge in [-0.1, -0.05) is 32.0 Å². The summed E-state index contributed by atoms with van der Waals surface area (Å²) in [6.07, 6.45) is 1.30. The normalized spacial score (nSPS) is 13.0. The fourth-order valence-electron chi connectivity index (χ4n) is 2.11. The van der Waals surface area contributed by atoms with Crippen LogP contribution in [0.15, 0.2) is 30.3 Å². The van der Waals surface area contributed by atoms with Crippen LogP contribution in [0.2, 0.25) is 0 Å². The first-order chi connectivity index (χ1) is 9.78. The van der Waals surface area contributed by atoms with Crippen LogP contribution in [0.5, 0.6) is 5.75 Å². The number of benzene rings is 1. The molecule has 0 saturated carbocycles. The van der Waals surface area contributed by atoms with Crippen LogP contribution in [-0.4, -0.2) is 18.2 Å². The third kappa shape index (κ3) is 7.74. The van der Waals surface area contributed by atoms with Crippen molar-refractivity contribution in [3.05, 3.63) is 30.3 Å². The van der Waals surface area contributed by atoms with Crippen molar-refractivity contribution in [2.45, 2.75) is 53.1 Å². The third-order valence-electron chi connectivity index (χ3n) is 3.29. The quantitative estimate of drug-likeness (QED) is 0.696. The molecular weight excluding hydrogens is 264 g/mol. The molecule has 0 aromatic heterocycles. The summed E-state index contributed by atoms with van der Waals surface area (Å²) >= 11 is 0. The van der Waals surface area contributed by atoms with E-state index in [0.29, 0.717) is 18.9 Å². The topological polar surface area (TPSA) is 35.5 Å². The van der Waals surface area contributed by atoms with Crippen molar-refractivity contribution in [1.29, 1.82) is 0 Å². The summed E-state index contributed by atoms with van der Waals surface area (Å²) in [5.41, 5.74) is -0.418. The molecule has 3 heteroatoms. The van der Waals surface area contributed by atoms with Crippen LogP contribution in [0.3, 0.4) is 0 Å². The zero-order valence-electron chi connectivity index (χ0n) is 13.9. The van der Waals surface area contributed by atoms with Gasteiger partial charge in [0.15, 0.2) is 0 Å². The first kappa shape index (κ1) is 17.5. The highest BCUT2D eigenvalue weighted by molar-refractivity contribution is 5.70. The van der Waals surface area contributed by atoms with E-state index in [2.05, 4.69) is 13.8 Å². The molecule has 0 fully saturated rings. The van der Waals surface area contributed by atoms with Crippen molar-refractivity contribution in [3.63, 3.8) is 0 Å². The van der Waals surface area contributed by atoms with E-state index in [1.807, 2.05) is 51.1 Å². The Morgan fingerprint density at radius 1 is 1.14 bits per heavy atom. The average molecular weight is 292 g/mol. The molecule has 0 spiro atoms. The summed E-state index contributed by atoms with van der Waals surface area (Å²) in [7, 11) is 0. The first-order valence-electron chi connectivity index (χ1n) is 7.67. The lowest BCUT2D eigenvalue weighted by Gasteiger charge is -2.24. The molecule has 1 atom stereocenters. The van der Waals surface area contributed by atoms with Crippen molar-refractivity contribution >= 4 is 5.97 Å². The fraction of sp³-hybridized carbons (Fsp3) is 0.611. The van der Waals surface area contributed by atoms with Crippen LogP contribution in [-0.2, 0) is 9.53 Å². The number of ether oxygens (including phenoxy) is 2. The Bertz CT molecular complexity index is 418. The Labute approximate surface area is 128 Å². The number of esters is 1. The molecule has 0 aliphatic heterocycles. The van der Waals surface area contributed by atoms with Crippen molar-refractivity contribution < 1.29 is 14.3 Å². The van der Waals surface area contributed by atoms with Crippen molar-refractivity contribution in [1.82, 2.24) is 0 Å². The van der Waals surface area contributed by atoms with Gasteiger partial charge in [0.1, 0.15) is 11.4 Å². The van der Waals surface area contributed by atoms with Crippen LogP contribution in [0.25, 0.3) is 0 Å². The van der Waals surface area contributed by atoms with Crippen molar-refractivity contribution in [2.75, 3.05) is 6.61 Å². The minimum Gasteiger partial charge on any atom is -0.494 e. The lowest BCUT2D eigenvalue weighted by molar-refractivity contribution is -0.156. The highest BCUT2D eigenvalue weighted by Gasteiger charge is 2.22. The molecule has 0 amide bonds. The third-order valence-corrected chi connectivity index (χ3v) is 3.29. The van der Waals surface area contributed by atoms with Crippen LogP contribution >= 0.6 is 0 Å². The minimum atomic E-state index is -0.418. The molecule has 118 valence electrons. The SMILES string of the molecule is CC(C)C(CCOc1ccccc1)CC(=O)OC(C)(C)C. The van der Waals surface area contributed by atoms with Gasteiger partial charge in [0.2, 0.25) is 0 Å². The molecule has 21 heavy (non-hydrogen) atoms. The zero-order chi connectivity index (χ0) is 15.9. The first-order valence-corrected chi connectivity index (χ1v) is 7.67. The predicted molar refractivity (Wildman–Crippen MR) is 85.3 cm³/mol. The van der Waals surface area contributed by atoms with E-state index in [9.17, 15) is 4.79 Å². The molecule has 0 heterocycles. The van der Waals surface area contributed by atoms with E-state index in [-0.39, 0.29) is 11.9 Å². The van der Waals surface area contributed by atoms with E-state index in [1.165, 1.54) is 0 Å². The summed E-state index contributed by atoms with van der Waals surface area (Å²) in [5, 5.41) is 0. The Kier molecular flexibility index (Phi) is 6.73. The second-order valence-electron chi connectivity index (χ2n) is 6.74. The molecule has 1 aromatic carbocycles. The Hall–Kier alpha value is -1.51. The van der Waals surface area contributed by atoms with E-state index in [4.69, 9.17) is 9.47 Å². The molecule has 1 aromatic rings. The van der Waals surface area contributed by atoms with Gasteiger partial charge in [-0.05, 0) is 51.2 Å². The minimum absolute atomic E-state index is 0.124. The smallest absolute Gasteiger partial charge is 0.306 e. The van der Waals surface area contributed by atoms with Gasteiger partial charge in [-0.2, -0.15) is 0 Å². The van der Waals surface area contributed by atoms with Gasteiger partial charge in [0.25, 0.3) is 0 Å². The maximum atomic E-state index is 11.9. The fourth-order valence-corrected chi connectivity index (χ4v) is 2.11. The van der Waals surface area contributed by atoms with Gasteiger partial charge >= 0.3 is 5.97 Å². The maximum absolute atomic E-state index is 11.9. The van der Waals surface area contributed by atoms with Gasteiger partial charge in [-0.3, -0.25) is 4.79 Å². The van der Waals surface area contributed by atoms with Crippen LogP contribution in [0, 0.1) is 11.8 Å². The number of hydrogen-bond donors (Lipinski definition) is 0. The highest BCUT2D eigenvalue weighted by Crippen LogP contribution is 2.22. The van der Waals surface area contributed by atoms with Gasteiger partial charge in [0.05, 0.1) is 6.61 Å². The lowest BCUT2D eigenvalue weighted by atomic mass is 9.90. The Balaban J connectivity index is 2.41. The summed E-state index contributed by atoms with van der Waals surface area (Å²) < 4.78 is 11.1. The zero-order valence-corrected chi connectivity index (χ0v) is 13.9. The van der Waals surface area contributed by atoms with Crippen LogP contribution in [0.1, 0.15) is 47.5 Å². The van der Waals surface area contributed by atoms with Gasteiger partial charge < -0.3 is 9.47 Å². The number of para-hydroxylation sites is 1. The number of rotatable bonds is 7. The Morgan fingerprint density at radius 2 is 1.76 bits per heavy atom. The number of hydrogen-bond acceptors (Lipinski definition) is 3. The summed E-state index contributed by atoms with van der Waals surface area (Å²) in [4.78, 5) is 11.9. The molecule has 1 rings (SSSR count). The second kappa shape index (κ2) is 8.06. The van der Waals surface area contributed by atoms with E-state index in [0.717, 1.165) is 12.2 Å². The lowest BCUT2D eigenvalue weighted by Crippen LogP contribution is -2.27.